The van der Waals surface area contributed by atoms with Crippen LogP contribution in [0.3, 0.4) is 0 Å². The van der Waals surface area contributed by atoms with E-state index in [1.165, 1.54) is 31.2 Å². The van der Waals surface area contributed by atoms with Gasteiger partial charge in [0.15, 0.2) is 0 Å². The number of nitrogens with zero attached hydrogens (tertiary/aromatic N) is 1. The summed E-state index contributed by atoms with van der Waals surface area (Å²) in [6.07, 6.45) is 5.79. The van der Waals surface area contributed by atoms with Gasteiger partial charge < -0.3 is 14.8 Å². The van der Waals surface area contributed by atoms with Gasteiger partial charge in [-0.25, -0.2) is 13.1 Å². The fourth-order valence-electron chi connectivity index (χ4n) is 4.15. The standard InChI is InChI=1S/C21H33N3O6S2/c1-3-31(26,27)30-18-11-13-19(14-12-18)32(28,29)23-16-9-7-15(8-10-16)20(22)21(25)24(2)17-5-4-6-17/h11-17,20,23H,3-10,22H2,1-2H3/t15?,16?,20-/m0/s1. The molecule has 2 saturated carbocycles. The van der Waals surface area contributed by atoms with Crippen molar-refractivity contribution >= 4 is 26.0 Å². The maximum atomic E-state index is 12.7. The Kier molecular flexibility index (Phi) is 7.85. The minimum atomic E-state index is -3.76. The second kappa shape index (κ2) is 10.1. The third-order valence-electron chi connectivity index (χ3n) is 6.57. The number of carbonyl (C=O) groups excluding carboxylic acids is 1. The summed E-state index contributed by atoms with van der Waals surface area (Å²) in [5, 5.41) is 0. The molecule has 2 fully saturated rings. The minimum Gasteiger partial charge on any atom is -0.382 e. The highest BCUT2D eigenvalue weighted by Gasteiger charge is 2.35. The Hall–Kier alpha value is -1.69. The number of carbonyl (C=O) groups is 1. The first-order valence-electron chi connectivity index (χ1n) is 11.1. The van der Waals surface area contributed by atoms with Crippen molar-refractivity contribution in [2.45, 2.75) is 74.9 Å². The zero-order valence-electron chi connectivity index (χ0n) is 18.6. The summed E-state index contributed by atoms with van der Waals surface area (Å²) in [6, 6.07) is 4.79. The molecule has 3 N–H and O–H groups in total. The predicted octanol–water partition coefficient (Wildman–Crippen LogP) is 1.59. The van der Waals surface area contributed by atoms with Crippen molar-refractivity contribution in [2.75, 3.05) is 12.8 Å². The molecule has 0 spiro atoms. The number of hydrogen-bond donors (Lipinski definition) is 2. The lowest BCUT2D eigenvalue weighted by atomic mass is 9.81. The van der Waals surface area contributed by atoms with Gasteiger partial charge in [0.2, 0.25) is 15.9 Å². The molecule has 0 aliphatic heterocycles. The minimum absolute atomic E-state index is 0.0221. The largest absolute Gasteiger partial charge is 0.382 e. The van der Waals surface area contributed by atoms with Crippen LogP contribution in [0.5, 0.6) is 5.75 Å². The maximum Gasteiger partial charge on any atom is 0.308 e. The van der Waals surface area contributed by atoms with E-state index < -0.39 is 26.2 Å². The van der Waals surface area contributed by atoms with E-state index in [-0.39, 0.29) is 34.3 Å². The van der Waals surface area contributed by atoms with Crippen molar-refractivity contribution in [2.24, 2.45) is 11.7 Å². The number of benzene rings is 1. The molecule has 3 rings (SSSR count). The van der Waals surface area contributed by atoms with Crippen LogP contribution in [-0.2, 0) is 24.9 Å². The number of hydrogen-bond acceptors (Lipinski definition) is 7. The summed E-state index contributed by atoms with van der Waals surface area (Å²) >= 11 is 0. The van der Waals surface area contributed by atoms with Gasteiger partial charge in [-0.2, -0.15) is 8.42 Å². The van der Waals surface area contributed by atoms with Gasteiger partial charge in [0, 0.05) is 19.1 Å². The Bertz CT molecular complexity index is 998. The summed E-state index contributed by atoms with van der Waals surface area (Å²) in [6.45, 7) is 1.46. The summed E-state index contributed by atoms with van der Waals surface area (Å²) in [7, 11) is -5.62. The number of nitrogens with two attached hydrogens (primary N) is 1. The third kappa shape index (κ3) is 6.00. The van der Waals surface area contributed by atoms with Crippen LogP contribution >= 0.6 is 0 Å². The zero-order valence-corrected chi connectivity index (χ0v) is 20.2. The fourth-order valence-corrected chi connectivity index (χ4v) is 5.98. The number of likely N-dealkylation sites (N-methyl/N-ethyl adjacent to an activating group) is 1. The van der Waals surface area contributed by atoms with Crippen molar-refractivity contribution < 1.29 is 25.8 Å². The van der Waals surface area contributed by atoms with Crippen molar-refractivity contribution in [3.8, 4) is 5.75 Å². The predicted molar refractivity (Wildman–Crippen MR) is 121 cm³/mol. The van der Waals surface area contributed by atoms with E-state index in [1.807, 2.05) is 7.05 Å². The Morgan fingerprint density at radius 1 is 1.09 bits per heavy atom. The second-order valence-electron chi connectivity index (χ2n) is 8.69. The van der Waals surface area contributed by atoms with E-state index in [9.17, 15) is 21.6 Å². The third-order valence-corrected chi connectivity index (χ3v) is 9.26. The Morgan fingerprint density at radius 3 is 2.19 bits per heavy atom. The first kappa shape index (κ1) is 24.9. The number of nitrogens with one attached hydrogen (secondary N) is 1. The molecule has 0 saturated heterocycles. The normalized spacial score (nSPS) is 23.2. The lowest BCUT2D eigenvalue weighted by molar-refractivity contribution is -0.136. The van der Waals surface area contributed by atoms with Crippen molar-refractivity contribution in [1.29, 1.82) is 0 Å². The Balaban J connectivity index is 1.53. The summed E-state index contributed by atoms with van der Waals surface area (Å²) < 4.78 is 56.1. The van der Waals surface area contributed by atoms with Gasteiger partial charge in [0.1, 0.15) is 5.75 Å². The average molecular weight is 488 g/mol. The Labute approximate surface area is 190 Å². The highest BCUT2D eigenvalue weighted by molar-refractivity contribution is 7.89. The van der Waals surface area contributed by atoms with E-state index in [4.69, 9.17) is 9.92 Å². The second-order valence-corrected chi connectivity index (χ2v) is 12.3. The van der Waals surface area contributed by atoms with Crippen LogP contribution in [0.4, 0.5) is 0 Å². The molecule has 1 aromatic carbocycles. The highest BCUT2D eigenvalue weighted by atomic mass is 32.2. The average Bonchev–Trinajstić information content (AvgIpc) is 2.72. The number of sulfonamides is 1. The van der Waals surface area contributed by atoms with Crippen LogP contribution in [0.25, 0.3) is 0 Å². The molecule has 11 heteroatoms. The monoisotopic (exact) mass is 487 g/mol. The summed E-state index contributed by atoms with van der Waals surface area (Å²) in [5.41, 5.74) is 6.26. The molecular weight excluding hydrogens is 454 g/mol. The molecule has 0 bridgehead atoms. The molecule has 32 heavy (non-hydrogen) atoms. The topological polar surface area (TPSA) is 136 Å². The highest BCUT2D eigenvalue weighted by Crippen LogP contribution is 2.30. The van der Waals surface area contributed by atoms with Gasteiger partial charge in [-0.3, -0.25) is 4.79 Å². The molecule has 2 aliphatic carbocycles. The summed E-state index contributed by atoms with van der Waals surface area (Å²) in [4.78, 5) is 14.5. The molecule has 9 nitrogen and oxygen atoms in total. The quantitative estimate of drug-likeness (QED) is 0.505. The molecule has 1 amide bonds. The molecule has 1 atom stereocenters. The molecule has 0 unspecified atom stereocenters. The fraction of sp³-hybridized carbons (Fsp3) is 0.667. The van der Waals surface area contributed by atoms with Crippen molar-refractivity contribution in [1.82, 2.24) is 9.62 Å². The van der Waals surface area contributed by atoms with Gasteiger partial charge in [0.25, 0.3) is 0 Å². The van der Waals surface area contributed by atoms with Gasteiger partial charge in [-0.15, -0.1) is 0 Å². The van der Waals surface area contributed by atoms with E-state index in [1.54, 1.807) is 4.90 Å². The van der Waals surface area contributed by atoms with Gasteiger partial charge in [0.05, 0.1) is 16.7 Å². The van der Waals surface area contributed by atoms with Crippen LogP contribution in [-0.4, -0.2) is 58.6 Å². The van der Waals surface area contributed by atoms with Crippen LogP contribution in [0.15, 0.2) is 29.2 Å². The molecule has 180 valence electrons. The van der Waals surface area contributed by atoms with Crippen LogP contribution < -0.4 is 14.6 Å². The molecule has 0 radical (unpaired) electrons. The first-order chi connectivity index (χ1) is 15.0. The van der Waals surface area contributed by atoms with Crippen molar-refractivity contribution in [3.63, 3.8) is 0 Å². The molecule has 2 aliphatic rings. The van der Waals surface area contributed by atoms with E-state index >= 15 is 0 Å². The molecule has 1 aromatic rings. The lowest BCUT2D eigenvalue weighted by Gasteiger charge is -2.38. The van der Waals surface area contributed by atoms with E-state index in [0.717, 1.165) is 19.3 Å². The Morgan fingerprint density at radius 2 is 1.69 bits per heavy atom. The van der Waals surface area contributed by atoms with Crippen LogP contribution in [0.1, 0.15) is 51.9 Å². The zero-order chi connectivity index (χ0) is 23.5. The van der Waals surface area contributed by atoms with E-state index in [2.05, 4.69) is 4.72 Å². The van der Waals surface area contributed by atoms with Gasteiger partial charge in [-0.1, -0.05) is 0 Å². The van der Waals surface area contributed by atoms with Crippen molar-refractivity contribution in [3.05, 3.63) is 24.3 Å². The van der Waals surface area contributed by atoms with Gasteiger partial charge in [-0.05, 0) is 82.1 Å². The molecular formula is C21H33N3O6S2. The smallest absolute Gasteiger partial charge is 0.308 e. The van der Waals surface area contributed by atoms with Gasteiger partial charge >= 0.3 is 10.1 Å². The molecule has 0 aromatic heterocycles. The first-order valence-corrected chi connectivity index (χ1v) is 14.2. The number of amides is 1. The lowest BCUT2D eigenvalue weighted by Crippen LogP contribution is -2.52. The molecule has 0 heterocycles. The SMILES string of the molecule is CCS(=O)(=O)Oc1ccc(S(=O)(=O)NC2CCC([C@H](N)C(=O)N(C)C3CCC3)CC2)cc1. The van der Waals surface area contributed by atoms with Crippen LogP contribution in [0, 0.1) is 5.92 Å². The summed E-state index contributed by atoms with van der Waals surface area (Å²) in [5.74, 6) is -0.0886. The maximum absolute atomic E-state index is 12.7. The van der Waals surface area contributed by atoms with Crippen LogP contribution in [0.2, 0.25) is 0 Å². The van der Waals surface area contributed by atoms with E-state index in [0.29, 0.717) is 31.7 Å². The number of rotatable bonds is 9.